The summed E-state index contributed by atoms with van der Waals surface area (Å²) in [4.78, 5) is 58.4. The molecule has 1 atom stereocenters. The Balaban J connectivity index is 1.57. The van der Waals surface area contributed by atoms with Crippen molar-refractivity contribution >= 4 is 35.3 Å². The van der Waals surface area contributed by atoms with Crippen LogP contribution < -0.4 is 10.6 Å². The van der Waals surface area contributed by atoms with Gasteiger partial charge in [0, 0.05) is 30.9 Å². The molecule has 0 radical (unpaired) electrons. The molecule has 0 bridgehead atoms. The summed E-state index contributed by atoms with van der Waals surface area (Å²) >= 11 is 0. The Labute approximate surface area is 215 Å². The molecule has 0 spiro atoms. The van der Waals surface area contributed by atoms with Crippen LogP contribution in [0.5, 0.6) is 0 Å². The average molecular weight is 506 g/mol. The minimum atomic E-state index is -1.09. The maximum Gasteiger partial charge on any atom is 0.335 e. The maximum atomic E-state index is 13.4. The molecule has 0 aromatic heterocycles. The number of nitrogens with one attached hydrogen (secondary N) is 2. The molecule has 0 aliphatic carbocycles. The van der Waals surface area contributed by atoms with Gasteiger partial charge in [-0.15, -0.1) is 0 Å². The van der Waals surface area contributed by atoms with E-state index in [0.29, 0.717) is 24.2 Å². The first kappa shape index (κ1) is 25.9. The minimum absolute atomic E-state index is 0.0185. The molecule has 2 aromatic rings. The van der Waals surface area contributed by atoms with Gasteiger partial charge in [-0.3, -0.25) is 19.7 Å². The summed E-state index contributed by atoms with van der Waals surface area (Å²) in [6.45, 7) is 1.93. The Hall–Kier alpha value is -4.21. The predicted octanol–water partition coefficient (Wildman–Crippen LogP) is 2.59. The number of amides is 3. The fraction of sp³-hybridized carbons (Fsp3) is 0.370. The fourth-order valence-electron chi connectivity index (χ4n) is 4.48. The van der Waals surface area contributed by atoms with Gasteiger partial charge in [0.05, 0.1) is 12.1 Å². The quantitative estimate of drug-likeness (QED) is 0.409. The highest BCUT2D eigenvalue weighted by molar-refractivity contribution is 6.10. The molecule has 3 N–H and O–H groups in total. The highest BCUT2D eigenvalue weighted by Crippen LogP contribution is 2.18. The van der Waals surface area contributed by atoms with Gasteiger partial charge < -0.3 is 20.2 Å². The highest BCUT2D eigenvalue weighted by atomic mass is 16.4. The normalized spacial score (nSPS) is 18.3. The van der Waals surface area contributed by atoms with Gasteiger partial charge in [-0.1, -0.05) is 24.3 Å². The monoisotopic (exact) mass is 505 g/mol. The molecule has 2 aliphatic heterocycles. The van der Waals surface area contributed by atoms with Crippen molar-refractivity contribution in [3.8, 4) is 0 Å². The number of likely N-dealkylation sites (tertiary alicyclic amines) is 2. The molecular formula is C27H31N5O5. The second-order valence-corrected chi connectivity index (χ2v) is 9.17. The zero-order valence-corrected chi connectivity index (χ0v) is 20.6. The standard InChI is InChI=1S/C27H31N5O5/c33-23(31-14-6-7-15-31)18-32-16-5-4-13-22(25(32)35)29-27(30-24(34)19-9-2-1-3-10-19)28-21-12-8-11-20(17-21)26(36)37/h1-3,8-12,17,22H,4-7,13-16,18H2,(H,36,37)(H2,28,29,30,34). The van der Waals surface area contributed by atoms with E-state index in [1.807, 2.05) is 0 Å². The molecule has 2 heterocycles. The number of carboxylic acids is 1. The smallest absolute Gasteiger partial charge is 0.335 e. The lowest BCUT2D eigenvalue weighted by atomic mass is 10.1. The Kier molecular flexibility index (Phi) is 8.50. The van der Waals surface area contributed by atoms with Crippen LogP contribution in [0.2, 0.25) is 0 Å². The number of aliphatic imine (C=N–C) groups is 1. The van der Waals surface area contributed by atoms with Crippen molar-refractivity contribution in [3.63, 3.8) is 0 Å². The summed E-state index contributed by atoms with van der Waals surface area (Å²) in [5.74, 6) is -1.81. The summed E-state index contributed by atoms with van der Waals surface area (Å²) in [6, 6.07) is 13.9. The van der Waals surface area contributed by atoms with Crippen molar-refractivity contribution in [1.29, 1.82) is 0 Å². The van der Waals surface area contributed by atoms with Crippen molar-refractivity contribution in [2.24, 2.45) is 4.99 Å². The van der Waals surface area contributed by atoms with Gasteiger partial charge in [0.15, 0.2) is 0 Å². The number of anilines is 1. The van der Waals surface area contributed by atoms with E-state index in [4.69, 9.17) is 0 Å². The van der Waals surface area contributed by atoms with Gasteiger partial charge in [0.1, 0.15) is 6.04 Å². The number of aromatic carboxylic acids is 1. The number of hydrogen-bond acceptors (Lipinski definition) is 5. The number of carbonyl (C=O) groups is 4. The molecule has 2 saturated heterocycles. The van der Waals surface area contributed by atoms with Crippen LogP contribution in [0.3, 0.4) is 0 Å². The Morgan fingerprint density at radius 1 is 0.919 bits per heavy atom. The van der Waals surface area contributed by atoms with Crippen molar-refractivity contribution in [3.05, 3.63) is 65.7 Å². The third-order valence-corrected chi connectivity index (χ3v) is 6.46. The summed E-state index contributed by atoms with van der Waals surface area (Å²) in [5, 5.41) is 15.0. The molecule has 10 heteroatoms. The molecule has 3 amide bonds. The summed E-state index contributed by atoms with van der Waals surface area (Å²) in [5.41, 5.74) is 0.867. The number of rotatable bonds is 6. The first-order valence-electron chi connectivity index (χ1n) is 12.5. The number of carboxylic acid groups (broad SMARTS) is 1. The lowest BCUT2D eigenvalue weighted by Gasteiger charge is -2.25. The molecule has 10 nitrogen and oxygen atoms in total. The van der Waals surface area contributed by atoms with Crippen molar-refractivity contribution < 1.29 is 24.3 Å². The van der Waals surface area contributed by atoms with E-state index in [9.17, 15) is 24.3 Å². The molecule has 2 aromatic carbocycles. The van der Waals surface area contributed by atoms with Crippen LogP contribution in [0.4, 0.5) is 5.69 Å². The van der Waals surface area contributed by atoms with E-state index < -0.39 is 17.9 Å². The molecule has 2 aliphatic rings. The van der Waals surface area contributed by atoms with Crippen LogP contribution in [0.25, 0.3) is 0 Å². The van der Waals surface area contributed by atoms with Gasteiger partial charge in [-0.2, -0.15) is 0 Å². The van der Waals surface area contributed by atoms with E-state index >= 15 is 0 Å². The minimum Gasteiger partial charge on any atom is -0.478 e. The molecule has 194 valence electrons. The van der Waals surface area contributed by atoms with Crippen LogP contribution in [-0.4, -0.2) is 76.8 Å². The van der Waals surface area contributed by atoms with Gasteiger partial charge in [0.25, 0.3) is 5.91 Å². The number of nitrogens with zero attached hydrogens (tertiary/aromatic N) is 3. The SMILES string of the molecule is O=C(O)c1cccc(NC(=NC2CCCCN(CC(=O)N3CCCC3)C2=O)NC(=O)c2ccccc2)c1. The van der Waals surface area contributed by atoms with Crippen molar-refractivity contribution in [2.45, 2.75) is 38.1 Å². The number of benzene rings is 2. The molecule has 0 saturated carbocycles. The first-order valence-corrected chi connectivity index (χ1v) is 12.5. The zero-order chi connectivity index (χ0) is 26.2. The third-order valence-electron chi connectivity index (χ3n) is 6.46. The van der Waals surface area contributed by atoms with E-state index in [2.05, 4.69) is 15.6 Å². The van der Waals surface area contributed by atoms with E-state index in [0.717, 1.165) is 38.8 Å². The molecule has 37 heavy (non-hydrogen) atoms. The molecule has 2 fully saturated rings. The summed E-state index contributed by atoms with van der Waals surface area (Å²) in [7, 11) is 0. The van der Waals surface area contributed by atoms with E-state index in [1.54, 1.807) is 52.3 Å². The molecular weight excluding hydrogens is 474 g/mol. The van der Waals surface area contributed by atoms with Crippen LogP contribution in [-0.2, 0) is 9.59 Å². The summed E-state index contributed by atoms with van der Waals surface area (Å²) < 4.78 is 0. The molecule has 4 rings (SSSR count). The number of carbonyl (C=O) groups excluding carboxylic acids is 3. The van der Waals surface area contributed by atoms with Gasteiger partial charge in [-0.05, 0) is 62.4 Å². The number of hydrogen-bond donors (Lipinski definition) is 3. The second-order valence-electron chi connectivity index (χ2n) is 9.17. The van der Waals surface area contributed by atoms with Crippen LogP contribution >= 0.6 is 0 Å². The summed E-state index contributed by atoms with van der Waals surface area (Å²) in [6.07, 6.45) is 3.92. The third kappa shape index (κ3) is 6.93. The average Bonchev–Trinajstić information content (AvgIpc) is 3.39. The van der Waals surface area contributed by atoms with Crippen molar-refractivity contribution in [2.75, 3.05) is 31.5 Å². The Bertz CT molecular complexity index is 1180. The van der Waals surface area contributed by atoms with Gasteiger partial charge >= 0.3 is 5.97 Å². The largest absolute Gasteiger partial charge is 0.478 e. The highest BCUT2D eigenvalue weighted by Gasteiger charge is 2.30. The van der Waals surface area contributed by atoms with E-state index in [-0.39, 0.29) is 29.9 Å². The fourth-order valence-corrected chi connectivity index (χ4v) is 4.48. The topological polar surface area (TPSA) is 131 Å². The van der Waals surface area contributed by atoms with E-state index in [1.165, 1.54) is 12.1 Å². The first-order chi connectivity index (χ1) is 17.9. The van der Waals surface area contributed by atoms with Crippen LogP contribution in [0.1, 0.15) is 52.8 Å². The lowest BCUT2D eigenvalue weighted by molar-refractivity contribution is -0.140. The zero-order valence-electron chi connectivity index (χ0n) is 20.6. The Morgan fingerprint density at radius 2 is 1.62 bits per heavy atom. The Morgan fingerprint density at radius 3 is 2.35 bits per heavy atom. The second kappa shape index (κ2) is 12.2. The molecule has 1 unspecified atom stereocenters. The maximum absolute atomic E-state index is 13.4. The lowest BCUT2D eigenvalue weighted by Crippen LogP contribution is -2.45. The number of guanidine groups is 1. The van der Waals surface area contributed by atoms with Gasteiger partial charge in [-0.25, -0.2) is 9.79 Å². The van der Waals surface area contributed by atoms with Gasteiger partial charge in [0.2, 0.25) is 17.8 Å². The van der Waals surface area contributed by atoms with Crippen LogP contribution in [0.15, 0.2) is 59.6 Å². The predicted molar refractivity (Wildman–Crippen MR) is 138 cm³/mol. The van der Waals surface area contributed by atoms with Crippen LogP contribution in [0, 0.1) is 0 Å². The van der Waals surface area contributed by atoms with Crippen molar-refractivity contribution in [1.82, 2.24) is 15.1 Å².